The number of ether oxygens (including phenoxy) is 1. The summed E-state index contributed by atoms with van der Waals surface area (Å²) in [6, 6.07) is 2.25. The van der Waals surface area contributed by atoms with Gasteiger partial charge < -0.3 is 14.8 Å². The van der Waals surface area contributed by atoms with Crippen LogP contribution in [0.15, 0.2) is 12.1 Å². The molecule has 1 aromatic carbocycles. The molecule has 0 amide bonds. The van der Waals surface area contributed by atoms with E-state index in [2.05, 4.69) is 9.97 Å². The minimum Gasteiger partial charge on any atom is -0.478 e. The van der Waals surface area contributed by atoms with Crippen molar-refractivity contribution >= 4 is 17.0 Å². The molecular weight excluding hydrogens is 263 g/mol. The van der Waals surface area contributed by atoms with Crippen LogP contribution in [0, 0.1) is 5.82 Å². The van der Waals surface area contributed by atoms with E-state index in [-0.39, 0.29) is 11.2 Å². The predicted octanol–water partition coefficient (Wildman–Crippen LogP) is 2.51. The zero-order valence-electron chi connectivity index (χ0n) is 11.1. The van der Waals surface area contributed by atoms with Crippen LogP contribution in [0.1, 0.15) is 35.4 Å². The maximum atomic E-state index is 13.4. The summed E-state index contributed by atoms with van der Waals surface area (Å²) in [6.07, 6.45) is 3.61. The zero-order chi connectivity index (χ0) is 14.3. The third-order valence-electron chi connectivity index (χ3n) is 4.02. The number of imidazole rings is 1. The smallest absolute Gasteiger partial charge is 0.338 e. The fourth-order valence-corrected chi connectivity index (χ4v) is 2.71. The molecule has 1 aromatic heterocycles. The normalized spacial score (nSPS) is 17.1. The Morgan fingerprint density at radius 3 is 2.85 bits per heavy atom. The molecule has 20 heavy (non-hydrogen) atoms. The lowest BCUT2D eigenvalue weighted by molar-refractivity contribution is -0.0719. The first-order valence-electron chi connectivity index (χ1n) is 6.50. The Hall–Kier alpha value is -1.95. The summed E-state index contributed by atoms with van der Waals surface area (Å²) in [5, 5.41) is 9.11. The number of H-pyrrole nitrogens is 1. The first kappa shape index (κ1) is 13.1. The number of aromatic nitrogens is 2. The van der Waals surface area contributed by atoms with Crippen LogP contribution in [-0.2, 0) is 11.2 Å². The summed E-state index contributed by atoms with van der Waals surface area (Å²) < 4.78 is 18.9. The number of hydrogen-bond acceptors (Lipinski definition) is 3. The van der Waals surface area contributed by atoms with Gasteiger partial charge in [-0.05, 0) is 31.4 Å². The predicted molar refractivity (Wildman–Crippen MR) is 70.3 cm³/mol. The number of carboxylic acid groups (broad SMARTS) is 1. The number of benzene rings is 1. The third-order valence-corrected chi connectivity index (χ3v) is 4.02. The molecular formula is C14H15FN2O3. The van der Waals surface area contributed by atoms with Crippen LogP contribution in [0.4, 0.5) is 4.39 Å². The van der Waals surface area contributed by atoms with Gasteiger partial charge in [-0.2, -0.15) is 0 Å². The minimum atomic E-state index is -1.18. The van der Waals surface area contributed by atoms with Crippen LogP contribution < -0.4 is 0 Å². The number of nitrogens with zero attached hydrogens (tertiary/aromatic N) is 1. The molecule has 1 aliphatic carbocycles. The van der Waals surface area contributed by atoms with Gasteiger partial charge in [-0.3, -0.25) is 0 Å². The van der Waals surface area contributed by atoms with E-state index < -0.39 is 11.8 Å². The fourth-order valence-electron chi connectivity index (χ4n) is 2.71. The average Bonchev–Trinajstić information content (AvgIpc) is 2.74. The molecule has 106 valence electrons. The minimum absolute atomic E-state index is 0.123. The first-order chi connectivity index (χ1) is 9.53. The molecule has 0 aliphatic heterocycles. The van der Waals surface area contributed by atoms with E-state index in [0.717, 1.165) is 25.3 Å². The highest BCUT2D eigenvalue weighted by atomic mass is 19.1. The Kier molecular flexibility index (Phi) is 2.97. The van der Waals surface area contributed by atoms with Gasteiger partial charge in [0.15, 0.2) is 0 Å². The lowest BCUT2D eigenvalue weighted by Crippen LogP contribution is -2.41. The molecule has 2 N–H and O–H groups in total. The number of nitrogens with one attached hydrogen (secondary N) is 1. The number of hydrogen-bond donors (Lipinski definition) is 2. The van der Waals surface area contributed by atoms with Crippen molar-refractivity contribution in [2.75, 3.05) is 7.11 Å². The summed E-state index contributed by atoms with van der Waals surface area (Å²) in [5.41, 5.74) is 0.362. The Labute approximate surface area is 114 Å². The van der Waals surface area contributed by atoms with Gasteiger partial charge in [-0.15, -0.1) is 0 Å². The van der Waals surface area contributed by atoms with Crippen molar-refractivity contribution in [3.8, 4) is 0 Å². The Morgan fingerprint density at radius 2 is 2.30 bits per heavy atom. The number of methoxy groups -OCH3 is 1. The van der Waals surface area contributed by atoms with E-state index in [0.29, 0.717) is 23.3 Å². The molecule has 0 radical (unpaired) electrons. The number of carbonyl (C=O) groups is 1. The lowest BCUT2D eigenvalue weighted by atomic mass is 9.77. The van der Waals surface area contributed by atoms with Crippen molar-refractivity contribution in [1.82, 2.24) is 9.97 Å². The Balaban J connectivity index is 2.02. The van der Waals surface area contributed by atoms with Crippen LogP contribution >= 0.6 is 0 Å². The average molecular weight is 278 g/mol. The van der Waals surface area contributed by atoms with Gasteiger partial charge >= 0.3 is 5.97 Å². The topological polar surface area (TPSA) is 75.2 Å². The van der Waals surface area contributed by atoms with E-state index in [1.54, 1.807) is 7.11 Å². The Bertz CT molecular complexity index is 671. The standard InChI is InChI=1S/C14H15FN2O3/c1-20-14(3-2-4-14)7-11-16-10-6-8(15)5-9(13(18)19)12(10)17-11/h5-6H,2-4,7H2,1H3,(H,16,17)(H,18,19). The van der Waals surface area contributed by atoms with E-state index in [4.69, 9.17) is 9.84 Å². The van der Waals surface area contributed by atoms with Crippen LogP contribution in [0.25, 0.3) is 11.0 Å². The molecule has 2 aromatic rings. The number of aromatic amines is 1. The maximum absolute atomic E-state index is 13.4. The number of rotatable bonds is 4. The summed E-state index contributed by atoms with van der Waals surface area (Å²) in [5.74, 6) is -1.14. The second kappa shape index (κ2) is 4.56. The molecule has 1 heterocycles. The van der Waals surface area contributed by atoms with Crippen LogP contribution in [-0.4, -0.2) is 33.8 Å². The number of fused-ring (bicyclic) bond motifs is 1. The second-order valence-corrected chi connectivity index (χ2v) is 5.26. The van der Waals surface area contributed by atoms with Gasteiger partial charge in [0.05, 0.1) is 16.7 Å². The molecule has 0 bridgehead atoms. The van der Waals surface area contributed by atoms with Gasteiger partial charge in [-0.25, -0.2) is 14.2 Å². The molecule has 1 saturated carbocycles. The molecule has 0 atom stereocenters. The van der Waals surface area contributed by atoms with Gasteiger partial charge in [0.1, 0.15) is 17.2 Å². The lowest BCUT2D eigenvalue weighted by Gasteiger charge is -2.39. The highest BCUT2D eigenvalue weighted by Crippen LogP contribution is 2.37. The third kappa shape index (κ3) is 2.06. The van der Waals surface area contributed by atoms with E-state index in [1.165, 1.54) is 6.07 Å². The summed E-state index contributed by atoms with van der Waals surface area (Å²) in [7, 11) is 1.67. The number of halogens is 1. The molecule has 0 unspecified atom stereocenters. The van der Waals surface area contributed by atoms with E-state index in [9.17, 15) is 9.18 Å². The SMILES string of the molecule is COC1(Cc2nc3c(C(=O)O)cc(F)cc3[nH]2)CCC1. The van der Waals surface area contributed by atoms with Crippen molar-refractivity contribution in [1.29, 1.82) is 0 Å². The molecule has 5 nitrogen and oxygen atoms in total. The van der Waals surface area contributed by atoms with Gasteiger partial charge in [0.25, 0.3) is 0 Å². The van der Waals surface area contributed by atoms with Crippen LogP contribution in [0.3, 0.4) is 0 Å². The van der Waals surface area contributed by atoms with E-state index >= 15 is 0 Å². The first-order valence-corrected chi connectivity index (χ1v) is 6.50. The Morgan fingerprint density at radius 1 is 1.55 bits per heavy atom. The summed E-state index contributed by atoms with van der Waals surface area (Å²) in [6.45, 7) is 0. The van der Waals surface area contributed by atoms with E-state index in [1.807, 2.05) is 0 Å². The highest BCUT2D eigenvalue weighted by Gasteiger charge is 2.38. The van der Waals surface area contributed by atoms with Crippen molar-refractivity contribution in [3.63, 3.8) is 0 Å². The molecule has 6 heteroatoms. The van der Waals surface area contributed by atoms with Gasteiger partial charge in [-0.1, -0.05) is 0 Å². The van der Waals surface area contributed by atoms with Crippen molar-refractivity contribution < 1.29 is 19.0 Å². The fraction of sp³-hybridized carbons (Fsp3) is 0.429. The zero-order valence-corrected chi connectivity index (χ0v) is 11.1. The van der Waals surface area contributed by atoms with Crippen LogP contribution in [0.2, 0.25) is 0 Å². The number of carboxylic acids is 1. The van der Waals surface area contributed by atoms with Crippen molar-refractivity contribution in [2.45, 2.75) is 31.3 Å². The quantitative estimate of drug-likeness (QED) is 0.901. The molecule has 0 spiro atoms. The second-order valence-electron chi connectivity index (χ2n) is 5.26. The van der Waals surface area contributed by atoms with Crippen LogP contribution in [0.5, 0.6) is 0 Å². The maximum Gasteiger partial charge on any atom is 0.338 e. The monoisotopic (exact) mass is 278 g/mol. The molecule has 1 aliphatic rings. The molecule has 0 saturated heterocycles. The van der Waals surface area contributed by atoms with Crippen molar-refractivity contribution in [3.05, 3.63) is 29.3 Å². The van der Waals surface area contributed by atoms with Gasteiger partial charge in [0.2, 0.25) is 0 Å². The summed E-state index contributed by atoms with van der Waals surface area (Å²) in [4.78, 5) is 18.4. The molecule has 1 fully saturated rings. The summed E-state index contributed by atoms with van der Waals surface area (Å²) >= 11 is 0. The largest absolute Gasteiger partial charge is 0.478 e. The molecule has 3 rings (SSSR count). The highest BCUT2D eigenvalue weighted by molar-refractivity contribution is 6.00. The number of aromatic carboxylic acids is 1. The van der Waals surface area contributed by atoms with Gasteiger partial charge in [0, 0.05) is 13.5 Å². The van der Waals surface area contributed by atoms with Crippen molar-refractivity contribution in [2.24, 2.45) is 0 Å².